The average molecular weight is 466 g/mol. The van der Waals surface area contributed by atoms with Crippen LogP contribution in [-0.2, 0) is 14.3 Å². The molecule has 1 amide bonds. The Balaban J connectivity index is 1.69. The monoisotopic (exact) mass is 465 g/mol. The van der Waals surface area contributed by atoms with Crippen LogP contribution in [0, 0.1) is 0 Å². The normalized spacial score (nSPS) is 11.0. The van der Waals surface area contributed by atoms with Gasteiger partial charge in [0.2, 0.25) is 0 Å². The second-order valence-corrected chi connectivity index (χ2v) is 9.15. The molecule has 0 aliphatic carbocycles. The van der Waals surface area contributed by atoms with Crippen LogP contribution in [0.3, 0.4) is 0 Å². The Kier molecular flexibility index (Phi) is 7.12. The summed E-state index contributed by atoms with van der Waals surface area (Å²) in [6, 6.07) is 9.07. The molecular formula is C21H20ClNO5S2. The summed E-state index contributed by atoms with van der Waals surface area (Å²) in [5.74, 6) is -1.55. The lowest BCUT2D eigenvalue weighted by Gasteiger charge is -2.07. The van der Waals surface area contributed by atoms with E-state index in [-0.39, 0.29) is 23.0 Å². The molecule has 3 aromatic rings. The molecule has 0 atom stereocenters. The Hall–Kier alpha value is -2.42. The van der Waals surface area contributed by atoms with Gasteiger partial charge in [-0.2, -0.15) is 0 Å². The standard InChI is InChI=1S/C21H20ClNO5S2/c1-4-27-20(25)13-9-15(11(2)3)30-19(13)23-16(24)10-28-21(26)18-17(22)12-7-5-6-8-14(12)29-18/h5-9,11H,4,10H2,1-3H3,(H,23,24). The van der Waals surface area contributed by atoms with Crippen LogP contribution < -0.4 is 5.32 Å². The topological polar surface area (TPSA) is 81.7 Å². The lowest BCUT2D eigenvalue weighted by Crippen LogP contribution is -2.21. The van der Waals surface area contributed by atoms with Gasteiger partial charge in [-0.3, -0.25) is 4.79 Å². The third-order valence-corrected chi connectivity index (χ3v) is 7.13. The molecule has 0 spiro atoms. The minimum Gasteiger partial charge on any atom is -0.462 e. The summed E-state index contributed by atoms with van der Waals surface area (Å²) in [4.78, 5) is 38.1. The van der Waals surface area contributed by atoms with Gasteiger partial charge in [-0.15, -0.1) is 22.7 Å². The molecular weight excluding hydrogens is 446 g/mol. The Labute approximate surface area is 186 Å². The van der Waals surface area contributed by atoms with E-state index in [4.69, 9.17) is 21.1 Å². The van der Waals surface area contributed by atoms with Gasteiger partial charge >= 0.3 is 11.9 Å². The van der Waals surface area contributed by atoms with Gasteiger partial charge in [0.15, 0.2) is 6.61 Å². The molecule has 0 radical (unpaired) electrons. The number of carbonyl (C=O) groups is 3. The van der Waals surface area contributed by atoms with E-state index in [1.807, 2.05) is 38.1 Å². The van der Waals surface area contributed by atoms with Crippen LogP contribution >= 0.6 is 34.3 Å². The fourth-order valence-electron chi connectivity index (χ4n) is 2.65. The highest BCUT2D eigenvalue weighted by Crippen LogP contribution is 2.36. The fraction of sp³-hybridized carbons (Fsp3) is 0.286. The van der Waals surface area contributed by atoms with E-state index < -0.39 is 24.5 Å². The molecule has 0 bridgehead atoms. The Morgan fingerprint density at radius 3 is 2.50 bits per heavy atom. The second kappa shape index (κ2) is 9.59. The van der Waals surface area contributed by atoms with Gasteiger partial charge in [0.25, 0.3) is 5.91 Å². The summed E-state index contributed by atoms with van der Waals surface area (Å²) in [6.45, 7) is 5.42. The third-order valence-electron chi connectivity index (χ3n) is 4.12. The van der Waals surface area contributed by atoms with Crippen molar-refractivity contribution in [2.75, 3.05) is 18.5 Å². The van der Waals surface area contributed by atoms with Crippen LogP contribution in [0.25, 0.3) is 10.1 Å². The molecule has 3 rings (SSSR count). The lowest BCUT2D eigenvalue weighted by atomic mass is 10.1. The summed E-state index contributed by atoms with van der Waals surface area (Å²) in [7, 11) is 0. The van der Waals surface area contributed by atoms with Crippen LogP contribution in [0.4, 0.5) is 5.00 Å². The van der Waals surface area contributed by atoms with Gasteiger partial charge in [-0.1, -0.05) is 43.6 Å². The van der Waals surface area contributed by atoms with Crippen molar-refractivity contribution in [2.24, 2.45) is 0 Å². The molecule has 0 saturated heterocycles. The maximum Gasteiger partial charge on any atom is 0.350 e. The minimum atomic E-state index is -0.670. The number of anilines is 1. The van der Waals surface area contributed by atoms with E-state index in [9.17, 15) is 14.4 Å². The van der Waals surface area contributed by atoms with Crippen molar-refractivity contribution in [2.45, 2.75) is 26.7 Å². The molecule has 2 heterocycles. The first kappa shape index (κ1) is 22.3. The van der Waals surface area contributed by atoms with Gasteiger partial charge in [0.1, 0.15) is 9.88 Å². The fourth-order valence-corrected chi connectivity index (χ4v) is 5.12. The molecule has 0 saturated carbocycles. The molecule has 6 nitrogen and oxygen atoms in total. The van der Waals surface area contributed by atoms with Crippen molar-refractivity contribution >= 4 is 67.2 Å². The zero-order valence-corrected chi connectivity index (χ0v) is 19.0. The zero-order chi connectivity index (χ0) is 21.8. The quantitative estimate of drug-likeness (QED) is 0.452. The number of hydrogen-bond donors (Lipinski definition) is 1. The molecule has 0 aliphatic rings. The zero-order valence-electron chi connectivity index (χ0n) is 16.6. The number of nitrogens with one attached hydrogen (secondary N) is 1. The number of carbonyl (C=O) groups excluding carboxylic acids is 3. The van der Waals surface area contributed by atoms with Crippen molar-refractivity contribution in [3.05, 3.63) is 50.7 Å². The highest BCUT2D eigenvalue weighted by molar-refractivity contribution is 7.21. The molecule has 1 N–H and O–H groups in total. The maximum atomic E-state index is 12.4. The number of thiophene rings is 2. The first-order valence-corrected chi connectivity index (χ1v) is 11.3. The highest BCUT2D eigenvalue weighted by atomic mass is 35.5. The molecule has 0 aliphatic heterocycles. The summed E-state index contributed by atoms with van der Waals surface area (Å²) in [5, 5.41) is 4.09. The number of esters is 2. The van der Waals surface area contributed by atoms with E-state index in [0.717, 1.165) is 15.0 Å². The van der Waals surface area contributed by atoms with E-state index in [1.165, 1.54) is 22.7 Å². The molecule has 9 heteroatoms. The number of benzene rings is 1. The van der Waals surface area contributed by atoms with Gasteiger partial charge < -0.3 is 14.8 Å². The SMILES string of the molecule is CCOC(=O)c1cc(C(C)C)sc1NC(=O)COC(=O)c1sc2ccccc2c1Cl. The molecule has 158 valence electrons. The van der Waals surface area contributed by atoms with Crippen molar-refractivity contribution in [3.63, 3.8) is 0 Å². The summed E-state index contributed by atoms with van der Waals surface area (Å²) >= 11 is 8.78. The highest BCUT2D eigenvalue weighted by Gasteiger charge is 2.22. The first-order chi connectivity index (χ1) is 14.3. The number of rotatable bonds is 7. The predicted octanol–water partition coefficient (Wildman–Crippen LogP) is 5.71. The van der Waals surface area contributed by atoms with Crippen LogP contribution in [0.1, 0.15) is 51.6 Å². The predicted molar refractivity (Wildman–Crippen MR) is 120 cm³/mol. The lowest BCUT2D eigenvalue weighted by molar-refractivity contribution is -0.119. The van der Waals surface area contributed by atoms with Crippen molar-refractivity contribution < 1.29 is 23.9 Å². The molecule has 0 fully saturated rings. The van der Waals surface area contributed by atoms with Gasteiger partial charge in [-0.25, -0.2) is 9.59 Å². The number of amides is 1. The molecule has 30 heavy (non-hydrogen) atoms. The van der Waals surface area contributed by atoms with Crippen LogP contribution in [0.2, 0.25) is 5.02 Å². The van der Waals surface area contributed by atoms with Crippen LogP contribution in [-0.4, -0.2) is 31.1 Å². The van der Waals surface area contributed by atoms with E-state index in [2.05, 4.69) is 5.32 Å². The van der Waals surface area contributed by atoms with Crippen molar-refractivity contribution in [3.8, 4) is 0 Å². The van der Waals surface area contributed by atoms with Gasteiger partial charge in [0.05, 0.1) is 17.2 Å². The maximum absolute atomic E-state index is 12.4. The summed E-state index contributed by atoms with van der Waals surface area (Å²) in [6.07, 6.45) is 0. The Morgan fingerprint density at radius 1 is 1.10 bits per heavy atom. The van der Waals surface area contributed by atoms with Crippen LogP contribution in [0.15, 0.2) is 30.3 Å². The molecule has 2 aromatic heterocycles. The van der Waals surface area contributed by atoms with Gasteiger partial charge in [0, 0.05) is 15.0 Å². The summed E-state index contributed by atoms with van der Waals surface area (Å²) < 4.78 is 11.1. The van der Waals surface area contributed by atoms with Gasteiger partial charge in [-0.05, 0) is 25.0 Å². The smallest absolute Gasteiger partial charge is 0.350 e. The van der Waals surface area contributed by atoms with Crippen LogP contribution in [0.5, 0.6) is 0 Å². The summed E-state index contributed by atoms with van der Waals surface area (Å²) in [5.41, 5.74) is 0.290. The molecule has 1 aromatic carbocycles. The second-order valence-electron chi connectivity index (χ2n) is 6.63. The Bertz CT molecular complexity index is 1100. The number of halogens is 1. The Morgan fingerprint density at radius 2 is 1.83 bits per heavy atom. The third kappa shape index (κ3) is 4.83. The average Bonchev–Trinajstić information content (AvgIpc) is 3.28. The van der Waals surface area contributed by atoms with E-state index in [1.54, 1.807) is 13.0 Å². The number of hydrogen-bond acceptors (Lipinski definition) is 7. The number of ether oxygens (including phenoxy) is 2. The van der Waals surface area contributed by atoms with E-state index in [0.29, 0.717) is 10.0 Å². The van der Waals surface area contributed by atoms with Crippen molar-refractivity contribution in [1.82, 2.24) is 0 Å². The minimum absolute atomic E-state index is 0.182. The molecule has 0 unspecified atom stereocenters. The van der Waals surface area contributed by atoms with E-state index >= 15 is 0 Å². The largest absolute Gasteiger partial charge is 0.462 e. The number of fused-ring (bicyclic) bond motifs is 1. The first-order valence-electron chi connectivity index (χ1n) is 9.26. The van der Waals surface area contributed by atoms with Crippen molar-refractivity contribution in [1.29, 1.82) is 0 Å².